The lowest BCUT2D eigenvalue weighted by atomic mass is 10.1. The maximum atomic E-state index is 12.3. The summed E-state index contributed by atoms with van der Waals surface area (Å²) in [5.41, 5.74) is 1.67. The third kappa shape index (κ3) is 2.75. The summed E-state index contributed by atoms with van der Waals surface area (Å²) in [6.07, 6.45) is 0.367. The highest BCUT2D eigenvalue weighted by atomic mass is 35.5. The number of rotatable bonds is 2. The Kier molecular flexibility index (Phi) is 3.83. The van der Waals surface area contributed by atoms with Crippen molar-refractivity contribution in [2.24, 2.45) is 0 Å². The van der Waals surface area contributed by atoms with Crippen molar-refractivity contribution in [1.82, 2.24) is 4.90 Å². The topological polar surface area (TPSA) is 50.8 Å². The zero-order chi connectivity index (χ0) is 14.1. The van der Waals surface area contributed by atoms with Crippen molar-refractivity contribution in [3.8, 4) is 5.75 Å². The van der Waals surface area contributed by atoms with Gasteiger partial charge in [0, 0.05) is 30.1 Å². The highest BCUT2D eigenvalue weighted by Crippen LogP contribution is 2.36. The first-order valence-electron chi connectivity index (χ1n) is 6.70. The molecule has 0 spiro atoms. The first-order chi connectivity index (χ1) is 9.63. The summed E-state index contributed by atoms with van der Waals surface area (Å²) in [6.45, 7) is 2.63. The maximum absolute atomic E-state index is 12.3. The smallest absolute Gasteiger partial charge is 0.254 e. The fraction of sp³-hybridized carbons (Fsp3) is 0.500. The molecule has 3 rings (SSSR count). The Hall–Kier alpha value is -1.30. The van der Waals surface area contributed by atoms with Crippen molar-refractivity contribution in [2.45, 2.75) is 12.5 Å². The van der Waals surface area contributed by atoms with Crippen molar-refractivity contribution in [3.05, 3.63) is 22.7 Å². The van der Waals surface area contributed by atoms with E-state index < -0.39 is 6.10 Å². The highest BCUT2D eigenvalue weighted by Gasteiger charge is 2.27. The number of hydrogen-bond acceptors (Lipinski definition) is 4. The van der Waals surface area contributed by atoms with Crippen LogP contribution in [0.5, 0.6) is 5.75 Å². The molecule has 1 N–H and O–H groups in total. The predicted octanol–water partition coefficient (Wildman–Crippen LogP) is 1.54. The fourth-order valence-corrected chi connectivity index (χ4v) is 2.75. The summed E-state index contributed by atoms with van der Waals surface area (Å²) >= 11 is 6.07. The average Bonchev–Trinajstić information content (AvgIpc) is 2.86. The second kappa shape index (κ2) is 5.60. The number of fused-ring (bicyclic) bond motifs is 1. The molecule has 1 amide bonds. The van der Waals surface area contributed by atoms with Crippen molar-refractivity contribution >= 4 is 23.2 Å². The number of benzene rings is 1. The van der Waals surface area contributed by atoms with Crippen molar-refractivity contribution < 1.29 is 14.3 Å². The van der Waals surface area contributed by atoms with E-state index in [2.05, 4.69) is 10.2 Å². The lowest BCUT2D eigenvalue weighted by Gasteiger charge is -2.29. The van der Waals surface area contributed by atoms with Gasteiger partial charge in [0.25, 0.3) is 5.91 Å². The van der Waals surface area contributed by atoms with Gasteiger partial charge in [0.1, 0.15) is 11.9 Å². The molecule has 0 saturated carbocycles. The zero-order valence-corrected chi connectivity index (χ0v) is 12.1. The van der Waals surface area contributed by atoms with Crippen LogP contribution in [0, 0.1) is 0 Å². The van der Waals surface area contributed by atoms with Gasteiger partial charge in [0.15, 0.2) is 0 Å². The number of nitrogens with zero attached hydrogens (tertiary/aromatic N) is 1. The molecular weight excluding hydrogens is 280 g/mol. The van der Waals surface area contributed by atoms with E-state index in [-0.39, 0.29) is 5.91 Å². The van der Waals surface area contributed by atoms with E-state index in [9.17, 15) is 4.79 Å². The summed E-state index contributed by atoms with van der Waals surface area (Å²) in [5, 5.41) is 3.48. The number of morpholine rings is 1. The van der Waals surface area contributed by atoms with Crippen molar-refractivity contribution in [2.75, 3.05) is 38.7 Å². The van der Waals surface area contributed by atoms with E-state index in [4.69, 9.17) is 21.1 Å². The summed E-state index contributed by atoms with van der Waals surface area (Å²) in [5.74, 6) is 0.573. The molecule has 1 aromatic rings. The quantitative estimate of drug-likeness (QED) is 0.899. The lowest BCUT2D eigenvalue weighted by Crippen LogP contribution is -2.46. The zero-order valence-electron chi connectivity index (χ0n) is 11.3. The Morgan fingerprint density at radius 2 is 2.30 bits per heavy atom. The van der Waals surface area contributed by atoms with Crippen LogP contribution in [0.15, 0.2) is 12.1 Å². The first kappa shape index (κ1) is 13.7. The van der Waals surface area contributed by atoms with Gasteiger partial charge < -0.3 is 19.7 Å². The van der Waals surface area contributed by atoms with Gasteiger partial charge in [-0.15, -0.1) is 0 Å². The number of nitrogens with one attached hydrogen (secondary N) is 1. The summed E-state index contributed by atoms with van der Waals surface area (Å²) in [4.78, 5) is 14.3. The van der Waals surface area contributed by atoms with Crippen LogP contribution in [-0.4, -0.2) is 50.3 Å². The molecule has 2 aliphatic heterocycles. The molecule has 0 aromatic heterocycles. The van der Waals surface area contributed by atoms with Crippen LogP contribution in [0.4, 0.5) is 5.69 Å². The molecule has 1 aromatic carbocycles. The van der Waals surface area contributed by atoms with Gasteiger partial charge in [-0.1, -0.05) is 11.6 Å². The molecular formula is C14H17ClN2O3. The minimum absolute atomic E-state index is 0.156. The van der Waals surface area contributed by atoms with E-state index in [0.29, 0.717) is 30.5 Å². The molecule has 20 heavy (non-hydrogen) atoms. The molecule has 108 valence electrons. The number of likely N-dealkylation sites (N-methyl/N-ethyl adjacent to an activating group) is 1. The molecule has 0 unspecified atom stereocenters. The van der Waals surface area contributed by atoms with Crippen LogP contribution in [-0.2, 0) is 16.0 Å². The van der Waals surface area contributed by atoms with Gasteiger partial charge in [-0.05, 0) is 19.2 Å². The van der Waals surface area contributed by atoms with E-state index in [0.717, 1.165) is 24.3 Å². The van der Waals surface area contributed by atoms with Crippen molar-refractivity contribution in [3.63, 3.8) is 0 Å². The number of carbonyl (C=O) groups excluding carboxylic acids is 1. The normalized spacial score (nSPS) is 22.2. The Morgan fingerprint density at radius 1 is 1.45 bits per heavy atom. The highest BCUT2D eigenvalue weighted by molar-refractivity contribution is 6.31. The molecule has 0 bridgehead atoms. The van der Waals surface area contributed by atoms with E-state index in [1.807, 2.05) is 13.1 Å². The molecule has 1 fully saturated rings. The molecule has 2 aliphatic rings. The van der Waals surface area contributed by atoms with Gasteiger partial charge in [-0.2, -0.15) is 0 Å². The van der Waals surface area contributed by atoms with Crippen LogP contribution in [0.25, 0.3) is 0 Å². The monoisotopic (exact) mass is 296 g/mol. The summed E-state index contributed by atoms with van der Waals surface area (Å²) < 4.78 is 11.1. The van der Waals surface area contributed by atoms with Gasteiger partial charge in [-0.3, -0.25) is 4.79 Å². The molecule has 1 atom stereocenters. The Morgan fingerprint density at radius 3 is 3.10 bits per heavy atom. The Bertz CT molecular complexity index is 535. The standard InChI is InChI=1S/C14H17ClN2O3/c1-17-3-5-19-12(8-17)14(18)16-11-7-10(15)6-9-2-4-20-13(9)11/h6-7,12H,2-5,8H2,1H3,(H,16,18)/t12-/m1/s1. The number of anilines is 1. The molecule has 0 radical (unpaired) electrons. The van der Waals surface area contributed by atoms with E-state index in [1.54, 1.807) is 6.07 Å². The number of carbonyl (C=O) groups is 1. The first-order valence-corrected chi connectivity index (χ1v) is 7.07. The van der Waals surface area contributed by atoms with E-state index >= 15 is 0 Å². The van der Waals surface area contributed by atoms with Crippen LogP contribution in [0.3, 0.4) is 0 Å². The van der Waals surface area contributed by atoms with Gasteiger partial charge in [0.2, 0.25) is 0 Å². The van der Waals surface area contributed by atoms with Crippen LogP contribution in [0.1, 0.15) is 5.56 Å². The average molecular weight is 297 g/mol. The van der Waals surface area contributed by atoms with Crippen molar-refractivity contribution in [1.29, 1.82) is 0 Å². The predicted molar refractivity (Wildman–Crippen MR) is 76.5 cm³/mol. The fourth-order valence-electron chi connectivity index (χ4n) is 2.51. The molecule has 5 nitrogen and oxygen atoms in total. The molecule has 6 heteroatoms. The minimum atomic E-state index is -0.454. The lowest BCUT2D eigenvalue weighted by molar-refractivity contribution is -0.132. The summed E-state index contributed by atoms with van der Waals surface area (Å²) in [7, 11) is 1.98. The van der Waals surface area contributed by atoms with Gasteiger partial charge in [-0.25, -0.2) is 0 Å². The van der Waals surface area contributed by atoms with Gasteiger partial charge in [0.05, 0.1) is 18.9 Å². The second-order valence-corrected chi connectivity index (χ2v) is 5.59. The second-order valence-electron chi connectivity index (χ2n) is 5.15. The van der Waals surface area contributed by atoms with Crippen LogP contribution in [0.2, 0.25) is 5.02 Å². The number of amides is 1. The Balaban J connectivity index is 1.76. The molecule has 2 heterocycles. The van der Waals surface area contributed by atoms with Crippen LogP contribution < -0.4 is 10.1 Å². The Labute approximate surface area is 122 Å². The summed E-state index contributed by atoms with van der Waals surface area (Å²) in [6, 6.07) is 3.60. The molecule has 1 saturated heterocycles. The number of halogens is 1. The SMILES string of the molecule is CN1CCO[C@@H](C(=O)Nc2cc(Cl)cc3c2OCC3)C1. The molecule has 0 aliphatic carbocycles. The minimum Gasteiger partial charge on any atom is -0.491 e. The van der Waals surface area contributed by atoms with E-state index in [1.165, 1.54) is 0 Å². The third-order valence-corrected chi connectivity index (χ3v) is 3.79. The third-order valence-electron chi connectivity index (χ3n) is 3.57. The van der Waals surface area contributed by atoms with Gasteiger partial charge >= 0.3 is 0 Å². The number of ether oxygens (including phenoxy) is 2. The maximum Gasteiger partial charge on any atom is 0.254 e. The number of hydrogen-bond donors (Lipinski definition) is 1. The largest absolute Gasteiger partial charge is 0.491 e. The van der Waals surface area contributed by atoms with Crippen LogP contribution >= 0.6 is 11.6 Å².